The molecule has 8 heteroatoms. The molecular formula is C8H7BrN2O2S3. The monoisotopic (exact) mass is 338 g/mol. The van der Waals surface area contributed by atoms with Crippen LogP contribution in [0.1, 0.15) is 5.56 Å². The lowest BCUT2D eigenvalue weighted by Gasteiger charge is -2.00. The molecular weight excluding hydrogens is 332 g/mol. The summed E-state index contributed by atoms with van der Waals surface area (Å²) in [6.45, 7) is 1.85. The van der Waals surface area contributed by atoms with Crippen LogP contribution in [-0.4, -0.2) is 13.4 Å². The fourth-order valence-electron chi connectivity index (χ4n) is 1.00. The number of rotatable bonds is 3. The van der Waals surface area contributed by atoms with Crippen molar-refractivity contribution >= 4 is 53.8 Å². The molecule has 0 unspecified atom stereocenters. The lowest BCUT2D eigenvalue weighted by molar-refractivity contribution is 0.603. The van der Waals surface area contributed by atoms with Crippen molar-refractivity contribution in [3.05, 3.63) is 27.0 Å². The molecule has 0 fully saturated rings. The third-order valence-corrected chi connectivity index (χ3v) is 6.52. The number of thiophene rings is 1. The first-order chi connectivity index (χ1) is 7.49. The summed E-state index contributed by atoms with van der Waals surface area (Å²) in [6, 6.07) is 1.63. The zero-order valence-corrected chi connectivity index (χ0v) is 12.1. The second kappa shape index (κ2) is 4.44. The average Bonchev–Trinajstić information content (AvgIpc) is 2.78. The van der Waals surface area contributed by atoms with E-state index >= 15 is 0 Å². The summed E-state index contributed by atoms with van der Waals surface area (Å²) in [7, 11) is -3.50. The van der Waals surface area contributed by atoms with Gasteiger partial charge in [0, 0.05) is 11.6 Å². The van der Waals surface area contributed by atoms with E-state index in [1.165, 1.54) is 22.7 Å². The molecule has 4 nitrogen and oxygen atoms in total. The molecule has 0 atom stereocenters. The van der Waals surface area contributed by atoms with Crippen LogP contribution in [0.25, 0.3) is 0 Å². The summed E-state index contributed by atoms with van der Waals surface area (Å²) in [6.07, 6.45) is 1.55. The Kier molecular flexibility index (Phi) is 3.34. The van der Waals surface area contributed by atoms with Crippen LogP contribution in [0.4, 0.5) is 5.13 Å². The summed E-state index contributed by atoms with van der Waals surface area (Å²) < 4.78 is 27.4. The summed E-state index contributed by atoms with van der Waals surface area (Å²) in [5, 5.41) is 2.09. The maximum Gasteiger partial charge on any atom is 0.273 e. The Bertz CT molecular complexity index is 569. The Hall–Kier alpha value is -0.440. The molecule has 2 heterocycles. The van der Waals surface area contributed by atoms with Gasteiger partial charge in [-0.25, -0.2) is 13.4 Å². The smallest absolute Gasteiger partial charge is 0.254 e. The zero-order valence-electron chi connectivity index (χ0n) is 8.10. The van der Waals surface area contributed by atoms with Gasteiger partial charge in [0.15, 0.2) is 5.13 Å². The third-order valence-electron chi connectivity index (χ3n) is 1.75. The van der Waals surface area contributed by atoms with E-state index in [4.69, 9.17) is 0 Å². The molecule has 16 heavy (non-hydrogen) atoms. The quantitative estimate of drug-likeness (QED) is 0.935. The molecule has 0 saturated heterocycles. The van der Waals surface area contributed by atoms with Crippen molar-refractivity contribution in [2.45, 2.75) is 11.1 Å². The van der Waals surface area contributed by atoms with Crippen molar-refractivity contribution in [1.29, 1.82) is 0 Å². The summed E-state index contributed by atoms with van der Waals surface area (Å²) in [5.74, 6) is 0. The number of aromatic nitrogens is 1. The highest BCUT2D eigenvalue weighted by molar-refractivity contribution is 9.11. The molecule has 1 N–H and O–H groups in total. The van der Waals surface area contributed by atoms with Crippen molar-refractivity contribution < 1.29 is 8.42 Å². The van der Waals surface area contributed by atoms with Crippen LogP contribution in [0.2, 0.25) is 0 Å². The Morgan fingerprint density at radius 2 is 2.25 bits per heavy atom. The SMILES string of the molecule is Cc1cc(S(=O)(=O)Nc2nccs2)sc1Br. The Morgan fingerprint density at radius 3 is 2.75 bits per heavy atom. The van der Waals surface area contributed by atoms with E-state index in [0.29, 0.717) is 5.13 Å². The van der Waals surface area contributed by atoms with E-state index in [9.17, 15) is 8.42 Å². The minimum Gasteiger partial charge on any atom is -0.254 e. The van der Waals surface area contributed by atoms with E-state index in [-0.39, 0.29) is 4.21 Å². The van der Waals surface area contributed by atoms with Gasteiger partial charge >= 0.3 is 0 Å². The molecule has 0 aliphatic rings. The highest BCUT2D eigenvalue weighted by Crippen LogP contribution is 2.31. The molecule has 0 aliphatic heterocycles. The molecule has 0 spiro atoms. The van der Waals surface area contributed by atoms with Gasteiger partial charge in [-0.1, -0.05) is 0 Å². The van der Waals surface area contributed by atoms with Crippen molar-refractivity contribution in [2.24, 2.45) is 0 Å². The van der Waals surface area contributed by atoms with E-state index in [2.05, 4.69) is 25.6 Å². The Balaban J connectivity index is 2.32. The minimum absolute atomic E-state index is 0.284. The number of hydrogen-bond donors (Lipinski definition) is 1. The lowest BCUT2D eigenvalue weighted by Crippen LogP contribution is -2.10. The molecule has 0 bridgehead atoms. The predicted octanol–water partition coefficient (Wildman–Crippen LogP) is 3.08. The first kappa shape index (κ1) is 12.0. The van der Waals surface area contributed by atoms with Gasteiger partial charge in [-0.3, -0.25) is 4.72 Å². The third kappa shape index (κ3) is 2.45. The number of hydrogen-bond acceptors (Lipinski definition) is 5. The number of halogens is 1. The fraction of sp³-hybridized carbons (Fsp3) is 0.125. The van der Waals surface area contributed by atoms with Crippen molar-refractivity contribution in [2.75, 3.05) is 4.72 Å². The number of anilines is 1. The van der Waals surface area contributed by atoms with Crippen LogP contribution < -0.4 is 4.72 Å². The summed E-state index contributed by atoms with van der Waals surface area (Å²) >= 11 is 5.73. The second-order valence-electron chi connectivity index (χ2n) is 2.96. The first-order valence-corrected chi connectivity index (χ1v) is 8.14. The van der Waals surface area contributed by atoms with Gasteiger partial charge in [0.1, 0.15) is 4.21 Å². The van der Waals surface area contributed by atoms with Crippen LogP contribution in [0.15, 0.2) is 25.6 Å². The maximum atomic E-state index is 11.9. The second-order valence-corrected chi connectivity index (χ2v) is 8.14. The zero-order chi connectivity index (χ0) is 11.8. The maximum absolute atomic E-state index is 11.9. The normalized spacial score (nSPS) is 11.6. The average molecular weight is 339 g/mol. The molecule has 0 radical (unpaired) electrons. The Morgan fingerprint density at radius 1 is 1.50 bits per heavy atom. The molecule has 2 aromatic heterocycles. The number of thiazole rings is 1. The van der Waals surface area contributed by atoms with Gasteiger partial charge in [0.2, 0.25) is 0 Å². The van der Waals surface area contributed by atoms with E-state index in [1.54, 1.807) is 17.6 Å². The number of sulfonamides is 1. The molecule has 0 aromatic carbocycles. The van der Waals surface area contributed by atoms with E-state index in [0.717, 1.165) is 9.35 Å². The van der Waals surface area contributed by atoms with Crippen LogP contribution in [-0.2, 0) is 10.0 Å². The summed E-state index contributed by atoms with van der Waals surface area (Å²) in [5.41, 5.74) is 0.907. The Labute approximate surface area is 110 Å². The highest BCUT2D eigenvalue weighted by atomic mass is 79.9. The van der Waals surface area contributed by atoms with Gasteiger partial charge in [-0.05, 0) is 34.5 Å². The van der Waals surface area contributed by atoms with E-state index in [1.807, 2.05) is 6.92 Å². The van der Waals surface area contributed by atoms with Gasteiger partial charge in [-0.15, -0.1) is 22.7 Å². The van der Waals surface area contributed by atoms with Crippen LogP contribution in [0, 0.1) is 6.92 Å². The van der Waals surface area contributed by atoms with Crippen LogP contribution in [0.5, 0.6) is 0 Å². The minimum atomic E-state index is -3.50. The largest absolute Gasteiger partial charge is 0.273 e. The standard InChI is InChI=1S/C8H7BrN2O2S3/c1-5-4-6(15-7(5)9)16(12,13)11-8-10-2-3-14-8/h2-4H,1H3,(H,10,11). The summed E-state index contributed by atoms with van der Waals surface area (Å²) in [4.78, 5) is 3.88. The fourth-order valence-corrected chi connectivity index (χ4v) is 5.02. The van der Waals surface area contributed by atoms with E-state index < -0.39 is 10.0 Å². The van der Waals surface area contributed by atoms with Crippen molar-refractivity contribution in [1.82, 2.24) is 4.98 Å². The van der Waals surface area contributed by atoms with Crippen LogP contribution >= 0.6 is 38.6 Å². The van der Waals surface area contributed by atoms with Crippen LogP contribution in [0.3, 0.4) is 0 Å². The lowest BCUT2D eigenvalue weighted by atomic mass is 10.4. The van der Waals surface area contributed by atoms with Gasteiger partial charge < -0.3 is 0 Å². The number of nitrogens with zero attached hydrogens (tertiary/aromatic N) is 1. The number of nitrogens with one attached hydrogen (secondary N) is 1. The molecule has 0 amide bonds. The first-order valence-electron chi connectivity index (χ1n) is 4.17. The number of aryl methyl sites for hydroxylation is 1. The molecule has 0 aliphatic carbocycles. The van der Waals surface area contributed by atoms with Crippen molar-refractivity contribution in [3.8, 4) is 0 Å². The van der Waals surface area contributed by atoms with Crippen molar-refractivity contribution in [3.63, 3.8) is 0 Å². The van der Waals surface area contributed by atoms with Gasteiger partial charge in [0.25, 0.3) is 10.0 Å². The van der Waals surface area contributed by atoms with Gasteiger partial charge in [-0.2, -0.15) is 0 Å². The predicted molar refractivity (Wildman–Crippen MR) is 69.7 cm³/mol. The molecule has 0 saturated carbocycles. The molecule has 86 valence electrons. The molecule has 2 rings (SSSR count). The molecule has 2 aromatic rings. The highest BCUT2D eigenvalue weighted by Gasteiger charge is 2.19. The van der Waals surface area contributed by atoms with Gasteiger partial charge in [0.05, 0.1) is 3.79 Å². The topological polar surface area (TPSA) is 59.1 Å².